The molecule has 1 saturated heterocycles. The summed E-state index contributed by atoms with van der Waals surface area (Å²) in [6, 6.07) is 10.6. The molecule has 0 saturated carbocycles. The Morgan fingerprint density at radius 1 is 1.38 bits per heavy atom. The molecule has 1 aliphatic heterocycles. The number of hydrogen-bond acceptors (Lipinski definition) is 3. The van der Waals surface area contributed by atoms with Gasteiger partial charge in [-0.25, -0.2) is 4.68 Å². The molecule has 1 aromatic carbocycles. The van der Waals surface area contributed by atoms with E-state index >= 15 is 0 Å². The van der Waals surface area contributed by atoms with Crippen LogP contribution in [0.3, 0.4) is 0 Å². The summed E-state index contributed by atoms with van der Waals surface area (Å²) in [5, 5.41) is 8.12. The summed E-state index contributed by atoms with van der Waals surface area (Å²) in [5.41, 5.74) is 2.34. The second-order valence-electron chi connectivity index (χ2n) is 5.57. The van der Waals surface area contributed by atoms with Crippen molar-refractivity contribution in [1.29, 1.82) is 0 Å². The number of hydrogen-bond donors (Lipinski definition) is 1. The van der Waals surface area contributed by atoms with Gasteiger partial charge in [0.05, 0.1) is 18.5 Å². The molecule has 2 unspecified atom stereocenters. The maximum absolute atomic E-state index is 5.66. The first kappa shape index (κ1) is 14.3. The van der Waals surface area contributed by atoms with Gasteiger partial charge in [-0.05, 0) is 31.5 Å². The van der Waals surface area contributed by atoms with E-state index in [0.29, 0.717) is 12.0 Å². The number of aromatic nitrogens is 2. The number of para-hydroxylation sites is 1. The molecule has 2 heterocycles. The van der Waals surface area contributed by atoms with Crippen LogP contribution >= 0.6 is 0 Å². The zero-order valence-electron chi connectivity index (χ0n) is 12.5. The zero-order chi connectivity index (χ0) is 14.5. The highest BCUT2D eigenvalue weighted by Crippen LogP contribution is 2.29. The van der Waals surface area contributed by atoms with Gasteiger partial charge in [0.1, 0.15) is 0 Å². The molecule has 0 bridgehead atoms. The van der Waals surface area contributed by atoms with Crippen molar-refractivity contribution in [2.24, 2.45) is 5.92 Å². The minimum Gasteiger partial charge on any atom is -0.381 e. The van der Waals surface area contributed by atoms with E-state index in [1.54, 1.807) is 0 Å². The maximum atomic E-state index is 5.66. The van der Waals surface area contributed by atoms with Crippen molar-refractivity contribution in [1.82, 2.24) is 15.1 Å². The first-order chi connectivity index (χ1) is 10.4. The molecule has 1 N–H and O–H groups in total. The molecule has 4 nitrogen and oxygen atoms in total. The van der Waals surface area contributed by atoms with E-state index in [9.17, 15) is 0 Å². The average molecular weight is 285 g/mol. The summed E-state index contributed by atoms with van der Waals surface area (Å²) in [6.45, 7) is 4.85. The van der Waals surface area contributed by atoms with Crippen LogP contribution in [0.25, 0.3) is 5.69 Å². The van der Waals surface area contributed by atoms with Gasteiger partial charge in [0.25, 0.3) is 0 Å². The van der Waals surface area contributed by atoms with Crippen LogP contribution < -0.4 is 5.32 Å². The second-order valence-corrected chi connectivity index (χ2v) is 5.57. The van der Waals surface area contributed by atoms with Gasteiger partial charge < -0.3 is 10.1 Å². The number of nitrogens with one attached hydrogen (secondary N) is 1. The summed E-state index contributed by atoms with van der Waals surface area (Å²) in [6.07, 6.45) is 6.49. The molecule has 21 heavy (non-hydrogen) atoms. The Labute approximate surface area is 126 Å². The van der Waals surface area contributed by atoms with Crippen LogP contribution in [0.2, 0.25) is 0 Å². The van der Waals surface area contributed by atoms with Gasteiger partial charge in [-0.15, -0.1) is 0 Å². The molecule has 0 spiro atoms. The van der Waals surface area contributed by atoms with Crippen LogP contribution in [-0.4, -0.2) is 29.5 Å². The van der Waals surface area contributed by atoms with E-state index in [1.807, 2.05) is 29.1 Å². The van der Waals surface area contributed by atoms with Gasteiger partial charge in [0.2, 0.25) is 0 Å². The minimum absolute atomic E-state index is 0.327. The van der Waals surface area contributed by atoms with Crippen molar-refractivity contribution in [3.63, 3.8) is 0 Å². The van der Waals surface area contributed by atoms with Gasteiger partial charge in [0.15, 0.2) is 0 Å². The van der Waals surface area contributed by atoms with E-state index in [0.717, 1.165) is 31.9 Å². The van der Waals surface area contributed by atoms with Crippen LogP contribution in [0, 0.1) is 5.92 Å². The van der Waals surface area contributed by atoms with Gasteiger partial charge in [-0.3, -0.25) is 0 Å². The highest BCUT2D eigenvalue weighted by Gasteiger charge is 2.26. The lowest BCUT2D eigenvalue weighted by Crippen LogP contribution is -2.33. The van der Waals surface area contributed by atoms with Crippen LogP contribution in [0.5, 0.6) is 0 Å². The topological polar surface area (TPSA) is 39.1 Å². The lowest BCUT2D eigenvalue weighted by Gasteiger charge is -2.30. The van der Waals surface area contributed by atoms with Crippen LogP contribution in [0.1, 0.15) is 31.4 Å². The molecule has 0 radical (unpaired) electrons. The van der Waals surface area contributed by atoms with Crippen LogP contribution in [0.15, 0.2) is 42.7 Å². The van der Waals surface area contributed by atoms with Crippen molar-refractivity contribution in [3.05, 3.63) is 48.3 Å². The molecular formula is C17H23N3O. The fraction of sp³-hybridized carbons (Fsp3) is 0.471. The number of nitrogens with zero attached hydrogens (tertiary/aromatic N) is 2. The lowest BCUT2D eigenvalue weighted by atomic mass is 9.90. The first-order valence-corrected chi connectivity index (χ1v) is 7.79. The lowest BCUT2D eigenvalue weighted by molar-refractivity contribution is 0.0393. The van der Waals surface area contributed by atoms with Gasteiger partial charge in [-0.2, -0.15) is 5.10 Å². The molecular weight excluding hydrogens is 262 g/mol. The first-order valence-electron chi connectivity index (χ1n) is 7.79. The predicted molar refractivity (Wildman–Crippen MR) is 83.5 cm³/mol. The largest absolute Gasteiger partial charge is 0.381 e. The van der Waals surface area contributed by atoms with Gasteiger partial charge in [0, 0.05) is 30.3 Å². The molecule has 3 rings (SSSR count). The summed E-state index contributed by atoms with van der Waals surface area (Å²) in [5.74, 6) is 0.534. The van der Waals surface area contributed by atoms with E-state index in [2.05, 4.69) is 35.7 Å². The molecule has 4 heteroatoms. The number of rotatable bonds is 5. The average Bonchev–Trinajstić information content (AvgIpc) is 3.04. The van der Waals surface area contributed by atoms with Crippen molar-refractivity contribution in [3.8, 4) is 5.69 Å². The number of benzene rings is 1. The predicted octanol–water partition coefficient (Wildman–Crippen LogP) is 2.95. The third-order valence-corrected chi connectivity index (χ3v) is 4.07. The molecule has 2 aromatic rings. The van der Waals surface area contributed by atoms with Crippen molar-refractivity contribution >= 4 is 0 Å². The molecule has 1 fully saturated rings. The fourth-order valence-corrected chi connectivity index (χ4v) is 3.02. The Balaban J connectivity index is 1.81. The monoisotopic (exact) mass is 285 g/mol. The van der Waals surface area contributed by atoms with Crippen molar-refractivity contribution in [2.45, 2.75) is 25.8 Å². The Bertz CT molecular complexity index is 546. The normalized spacial score (nSPS) is 20.3. The van der Waals surface area contributed by atoms with Crippen molar-refractivity contribution in [2.75, 3.05) is 19.8 Å². The highest BCUT2D eigenvalue weighted by atomic mass is 16.5. The molecule has 0 amide bonds. The van der Waals surface area contributed by atoms with E-state index in [-0.39, 0.29) is 0 Å². The Hall–Kier alpha value is -1.65. The third kappa shape index (κ3) is 3.34. The molecule has 2 atom stereocenters. The summed E-state index contributed by atoms with van der Waals surface area (Å²) in [4.78, 5) is 0. The van der Waals surface area contributed by atoms with Crippen LogP contribution in [0.4, 0.5) is 0 Å². The Kier molecular flexibility index (Phi) is 4.68. The van der Waals surface area contributed by atoms with Gasteiger partial charge in [-0.1, -0.05) is 25.1 Å². The summed E-state index contributed by atoms with van der Waals surface area (Å²) < 4.78 is 7.60. The third-order valence-electron chi connectivity index (χ3n) is 4.07. The fourth-order valence-electron chi connectivity index (χ4n) is 3.02. The molecule has 1 aromatic heterocycles. The van der Waals surface area contributed by atoms with Gasteiger partial charge >= 0.3 is 0 Å². The summed E-state index contributed by atoms with van der Waals surface area (Å²) >= 11 is 0. The molecule has 0 aliphatic carbocycles. The quantitative estimate of drug-likeness (QED) is 0.918. The highest BCUT2D eigenvalue weighted by molar-refractivity contribution is 5.31. The van der Waals surface area contributed by atoms with E-state index in [4.69, 9.17) is 4.74 Å². The Morgan fingerprint density at radius 3 is 2.95 bits per heavy atom. The molecule has 112 valence electrons. The summed E-state index contributed by atoms with van der Waals surface area (Å²) in [7, 11) is 0. The standard InChI is InChI=1S/C17H23N3O/c1-2-18-17(14-7-6-10-21-13-14)15-11-19-20(12-15)16-8-4-3-5-9-16/h3-5,8-9,11-12,14,17-18H,2,6-7,10,13H2,1H3. The maximum Gasteiger partial charge on any atom is 0.0645 e. The van der Waals surface area contributed by atoms with E-state index in [1.165, 1.54) is 12.0 Å². The minimum atomic E-state index is 0.327. The zero-order valence-corrected chi connectivity index (χ0v) is 12.5. The Morgan fingerprint density at radius 2 is 2.24 bits per heavy atom. The number of ether oxygens (including phenoxy) is 1. The molecule has 1 aliphatic rings. The second kappa shape index (κ2) is 6.87. The van der Waals surface area contributed by atoms with Crippen molar-refractivity contribution < 1.29 is 4.74 Å². The van der Waals surface area contributed by atoms with Crippen LogP contribution in [-0.2, 0) is 4.74 Å². The van der Waals surface area contributed by atoms with E-state index < -0.39 is 0 Å². The smallest absolute Gasteiger partial charge is 0.0645 e. The SMILES string of the molecule is CCNC(c1cnn(-c2ccccc2)c1)C1CCCOC1.